The molecule has 5 nitrogen and oxygen atoms in total. The highest BCUT2D eigenvalue weighted by Crippen LogP contribution is 2.47. The van der Waals surface area contributed by atoms with E-state index in [2.05, 4.69) is 14.6 Å². The molecule has 1 aliphatic rings. The van der Waals surface area contributed by atoms with Crippen molar-refractivity contribution >= 4 is 17.5 Å². The third kappa shape index (κ3) is 2.00. The van der Waals surface area contributed by atoms with E-state index in [1.54, 1.807) is 0 Å². The highest BCUT2D eigenvalue weighted by atomic mass is 35.5. The zero-order valence-electron chi connectivity index (χ0n) is 10.1. The lowest BCUT2D eigenvalue weighted by molar-refractivity contribution is -0.286. The average Bonchev–Trinajstić information content (AvgIpc) is 2.87. The zero-order chi connectivity index (χ0) is 14.5. The summed E-state index contributed by atoms with van der Waals surface area (Å²) in [7, 11) is 0. The third-order valence-corrected chi connectivity index (χ3v) is 2.95. The Balaban J connectivity index is 2.14. The lowest BCUT2D eigenvalue weighted by Gasteiger charge is -2.06. The van der Waals surface area contributed by atoms with Crippen LogP contribution in [0.2, 0.25) is 5.02 Å². The van der Waals surface area contributed by atoms with Gasteiger partial charge in [-0.1, -0.05) is 17.7 Å². The molecule has 0 spiro atoms. The summed E-state index contributed by atoms with van der Waals surface area (Å²) in [5.74, 6) is -0.623. The second-order valence-electron chi connectivity index (χ2n) is 4.09. The Morgan fingerprint density at radius 1 is 1.40 bits per heavy atom. The summed E-state index contributed by atoms with van der Waals surface area (Å²) in [6.45, 7) is 1.30. The standard InChI is InChI=1S/C12H7ClF2N2O3/c1-6(18)17-5-8(13)10(16-17)7-3-2-4-9-11(7)20-12(14,15)19-9/h2-5H,1H3. The van der Waals surface area contributed by atoms with Gasteiger partial charge in [-0.15, -0.1) is 8.78 Å². The van der Waals surface area contributed by atoms with Crippen LogP contribution in [0.3, 0.4) is 0 Å². The number of hydrogen-bond acceptors (Lipinski definition) is 4. The molecular weight excluding hydrogens is 294 g/mol. The summed E-state index contributed by atoms with van der Waals surface area (Å²) in [6.07, 6.45) is -2.43. The van der Waals surface area contributed by atoms with Crippen molar-refractivity contribution in [1.29, 1.82) is 0 Å². The summed E-state index contributed by atoms with van der Waals surface area (Å²) in [6, 6.07) is 4.35. The Hall–Kier alpha value is -2.15. The summed E-state index contributed by atoms with van der Waals surface area (Å²) >= 11 is 5.98. The van der Waals surface area contributed by atoms with Crippen molar-refractivity contribution in [1.82, 2.24) is 9.78 Å². The number of nitrogens with zero attached hydrogens (tertiary/aromatic N) is 2. The number of para-hydroxylation sites is 1. The van der Waals surface area contributed by atoms with Gasteiger partial charge < -0.3 is 9.47 Å². The second kappa shape index (κ2) is 4.17. The lowest BCUT2D eigenvalue weighted by atomic mass is 10.1. The van der Waals surface area contributed by atoms with Crippen molar-refractivity contribution in [3.8, 4) is 22.8 Å². The maximum atomic E-state index is 13.1. The molecule has 0 radical (unpaired) electrons. The Bertz CT molecular complexity index is 715. The number of halogens is 3. The molecule has 8 heteroatoms. The van der Waals surface area contributed by atoms with Gasteiger partial charge in [0.1, 0.15) is 5.69 Å². The predicted molar refractivity (Wildman–Crippen MR) is 65.2 cm³/mol. The first kappa shape index (κ1) is 12.9. The fraction of sp³-hybridized carbons (Fsp3) is 0.167. The average molecular weight is 301 g/mol. The number of aromatic nitrogens is 2. The zero-order valence-corrected chi connectivity index (χ0v) is 10.8. The minimum atomic E-state index is -3.73. The molecule has 0 N–H and O–H groups in total. The molecule has 0 unspecified atom stereocenters. The fourth-order valence-corrected chi connectivity index (χ4v) is 2.08. The first-order chi connectivity index (χ1) is 9.37. The van der Waals surface area contributed by atoms with E-state index in [1.165, 1.54) is 31.3 Å². The number of ether oxygens (including phenoxy) is 2. The molecule has 104 valence electrons. The maximum absolute atomic E-state index is 13.1. The van der Waals surface area contributed by atoms with E-state index in [1.807, 2.05) is 0 Å². The molecule has 2 aromatic rings. The van der Waals surface area contributed by atoms with Crippen LogP contribution in [0.5, 0.6) is 11.5 Å². The van der Waals surface area contributed by atoms with E-state index >= 15 is 0 Å². The number of alkyl halides is 2. The Kier molecular flexibility index (Phi) is 2.68. The number of hydrogen-bond donors (Lipinski definition) is 0. The van der Waals surface area contributed by atoms with Crippen LogP contribution in [-0.4, -0.2) is 22.0 Å². The molecule has 1 aromatic carbocycles. The number of fused-ring (bicyclic) bond motifs is 1. The van der Waals surface area contributed by atoms with Crippen LogP contribution in [0.4, 0.5) is 8.78 Å². The molecule has 0 amide bonds. The number of carbonyl (C=O) groups excluding carboxylic acids is 1. The molecule has 20 heavy (non-hydrogen) atoms. The van der Waals surface area contributed by atoms with Crippen molar-refractivity contribution in [2.75, 3.05) is 0 Å². The van der Waals surface area contributed by atoms with Gasteiger partial charge in [0.25, 0.3) is 0 Å². The summed E-state index contributed by atoms with van der Waals surface area (Å²) in [4.78, 5) is 11.2. The van der Waals surface area contributed by atoms with Gasteiger partial charge in [0.2, 0.25) is 5.91 Å². The topological polar surface area (TPSA) is 53.4 Å². The fourth-order valence-electron chi connectivity index (χ4n) is 1.85. The summed E-state index contributed by atoms with van der Waals surface area (Å²) in [5.41, 5.74) is 0.393. The molecule has 0 atom stereocenters. The second-order valence-corrected chi connectivity index (χ2v) is 4.50. The monoisotopic (exact) mass is 300 g/mol. The molecule has 0 saturated heterocycles. The van der Waals surface area contributed by atoms with Crippen molar-refractivity contribution in [2.45, 2.75) is 13.2 Å². The van der Waals surface area contributed by atoms with E-state index in [9.17, 15) is 13.6 Å². The van der Waals surface area contributed by atoms with Gasteiger partial charge in [-0.2, -0.15) is 5.10 Å². The highest BCUT2D eigenvalue weighted by molar-refractivity contribution is 6.33. The van der Waals surface area contributed by atoms with Crippen molar-refractivity contribution in [3.63, 3.8) is 0 Å². The van der Waals surface area contributed by atoms with Gasteiger partial charge in [0.15, 0.2) is 11.5 Å². The highest BCUT2D eigenvalue weighted by Gasteiger charge is 2.45. The first-order valence-corrected chi connectivity index (χ1v) is 5.90. The molecule has 0 bridgehead atoms. The molecular formula is C12H7ClF2N2O3. The van der Waals surface area contributed by atoms with Gasteiger partial charge in [0, 0.05) is 12.5 Å². The van der Waals surface area contributed by atoms with Crippen LogP contribution in [0.15, 0.2) is 24.4 Å². The van der Waals surface area contributed by atoms with Crippen molar-refractivity contribution in [2.24, 2.45) is 0 Å². The van der Waals surface area contributed by atoms with Gasteiger partial charge >= 0.3 is 6.29 Å². The van der Waals surface area contributed by atoms with Crippen LogP contribution in [0, 0.1) is 0 Å². The van der Waals surface area contributed by atoms with E-state index < -0.39 is 6.29 Å². The predicted octanol–water partition coefficient (Wildman–Crippen LogP) is 3.19. The summed E-state index contributed by atoms with van der Waals surface area (Å²) in [5, 5.41) is 4.11. The van der Waals surface area contributed by atoms with Crippen LogP contribution in [0.25, 0.3) is 11.3 Å². The van der Waals surface area contributed by atoms with E-state index in [4.69, 9.17) is 11.6 Å². The van der Waals surface area contributed by atoms with Crippen molar-refractivity contribution < 1.29 is 23.0 Å². The minimum Gasteiger partial charge on any atom is -0.395 e. The third-order valence-electron chi connectivity index (χ3n) is 2.68. The quantitative estimate of drug-likeness (QED) is 0.811. The summed E-state index contributed by atoms with van der Waals surface area (Å²) < 4.78 is 36.0. The molecule has 0 aliphatic carbocycles. The van der Waals surface area contributed by atoms with Gasteiger partial charge in [-0.3, -0.25) is 4.79 Å². The Morgan fingerprint density at radius 3 is 2.80 bits per heavy atom. The van der Waals surface area contributed by atoms with Gasteiger partial charge in [-0.25, -0.2) is 4.68 Å². The van der Waals surface area contributed by atoms with Crippen molar-refractivity contribution in [3.05, 3.63) is 29.4 Å². The first-order valence-electron chi connectivity index (χ1n) is 5.53. The van der Waals surface area contributed by atoms with E-state index in [0.29, 0.717) is 0 Å². The van der Waals surface area contributed by atoms with Crippen LogP contribution < -0.4 is 9.47 Å². The van der Waals surface area contributed by atoms with E-state index in [-0.39, 0.29) is 33.7 Å². The van der Waals surface area contributed by atoms with E-state index in [0.717, 1.165) is 4.68 Å². The smallest absolute Gasteiger partial charge is 0.395 e. The Labute approximate surface area is 116 Å². The largest absolute Gasteiger partial charge is 0.586 e. The van der Waals surface area contributed by atoms with Crippen LogP contribution >= 0.6 is 11.6 Å². The molecule has 3 rings (SSSR count). The number of benzene rings is 1. The van der Waals surface area contributed by atoms with Crippen LogP contribution in [-0.2, 0) is 0 Å². The number of rotatable bonds is 1. The number of carbonyl (C=O) groups is 1. The maximum Gasteiger partial charge on any atom is 0.586 e. The molecule has 2 heterocycles. The SMILES string of the molecule is CC(=O)n1cc(Cl)c(-c2cccc3c2OC(F)(F)O3)n1. The molecule has 1 aliphatic heterocycles. The molecule has 0 fully saturated rings. The lowest BCUT2D eigenvalue weighted by Crippen LogP contribution is -2.26. The molecule has 1 aromatic heterocycles. The normalized spacial score (nSPS) is 15.4. The van der Waals surface area contributed by atoms with Gasteiger partial charge in [-0.05, 0) is 12.1 Å². The minimum absolute atomic E-state index is 0.110. The van der Waals surface area contributed by atoms with Crippen LogP contribution in [0.1, 0.15) is 11.7 Å². The Morgan fingerprint density at radius 2 is 2.15 bits per heavy atom. The molecule has 0 saturated carbocycles. The van der Waals surface area contributed by atoms with Gasteiger partial charge in [0.05, 0.1) is 11.2 Å².